The predicted molar refractivity (Wildman–Crippen MR) is 85.3 cm³/mol. The summed E-state index contributed by atoms with van der Waals surface area (Å²) in [6, 6.07) is 9.83. The van der Waals surface area contributed by atoms with Crippen LogP contribution in [0.25, 0.3) is 0 Å². The van der Waals surface area contributed by atoms with Crippen molar-refractivity contribution in [2.45, 2.75) is 19.5 Å². The normalized spacial score (nSPS) is 18.9. The minimum Gasteiger partial charge on any atom is -0.497 e. The molecule has 0 bridgehead atoms. The van der Waals surface area contributed by atoms with Gasteiger partial charge in [0.15, 0.2) is 0 Å². The van der Waals surface area contributed by atoms with Gasteiger partial charge in [-0.3, -0.25) is 9.69 Å². The number of methoxy groups -OCH3 is 1. The molecular formula is C17H21N3O3. The lowest BCUT2D eigenvalue weighted by molar-refractivity contribution is 0.0438. The Kier molecular flexibility index (Phi) is 4.62. The third-order valence-electron chi connectivity index (χ3n) is 4.16. The van der Waals surface area contributed by atoms with Crippen molar-refractivity contribution in [3.63, 3.8) is 0 Å². The lowest BCUT2D eigenvalue weighted by Crippen LogP contribution is -2.53. The molecule has 1 saturated heterocycles. The number of amides is 1. The minimum atomic E-state index is -0.0870. The van der Waals surface area contributed by atoms with Crippen molar-refractivity contribution in [3.8, 4) is 5.75 Å². The smallest absolute Gasteiger partial charge is 0.292 e. The number of carbonyl (C=O) groups is 1. The molecule has 1 aromatic carbocycles. The average Bonchev–Trinajstić information content (AvgIpc) is 3.09. The summed E-state index contributed by atoms with van der Waals surface area (Å²) in [7, 11) is 1.68. The number of carbonyl (C=O) groups excluding carboxylic acids is 1. The fourth-order valence-electron chi connectivity index (χ4n) is 2.98. The molecule has 1 aliphatic heterocycles. The van der Waals surface area contributed by atoms with E-state index >= 15 is 0 Å². The van der Waals surface area contributed by atoms with E-state index in [0.29, 0.717) is 12.3 Å². The summed E-state index contributed by atoms with van der Waals surface area (Å²) < 4.78 is 10.2. The molecule has 3 rings (SSSR count). The van der Waals surface area contributed by atoms with Gasteiger partial charge in [0, 0.05) is 38.3 Å². The fraction of sp³-hybridized carbons (Fsp3) is 0.412. The summed E-state index contributed by atoms with van der Waals surface area (Å²) in [4.78, 5) is 16.6. The van der Waals surface area contributed by atoms with Crippen LogP contribution in [0.1, 0.15) is 23.0 Å². The monoisotopic (exact) mass is 315 g/mol. The molecule has 0 saturated carbocycles. The van der Waals surface area contributed by atoms with Crippen LogP contribution in [0.2, 0.25) is 0 Å². The van der Waals surface area contributed by atoms with Crippen molar-refractivity contribution in [1.82, 2.24) is 15.0 Å². The van der Waals surface area contributed by atoms with Gasteiger partial charge in [0.1, 0.15) is 5.75 Å². The number of hydrogen-bond donors (Lipinski definition) is 0. The molecule has 1 amide bonds. The van der Waals surface area contributed by atoms with E-state index in [2.05, 4.69) is 29.1 Å². The molecule has 0 spiro atoms. The van der Waals surface area contributed by atoms with Gasteiger partial charge in [-0.25, -0.2) is 0 Å². The molecule has 2 heterocycles. The maximum Gasteiger partial charge on any atom is 0.292 e. The summed E-state index contributed by atoms with van der Waals surface area (Å²) in [5.41, 5.74) is 1.21. The van der Waals surface area contributed by atoms with E-state index in [-0.39, 0.29) is 11.9 Å². The SMILES string of the molecule is COc1cccc(CN2CCN(C(=O)c3ccno3)[C@@H](C)C2)c1. The van der Waals surface area contributed by atoms with E-state index < -0.39 is 0 Å². The van der Waals surface area contributed by atoms with Crippen LogP contribution in [0, 0.1) is 0 Å². The second-order valence-electron chi connectivity index (χ2n) is 5.81. The van der Waals surface area contributed by atoms with Crippen LogP contribution < -0.4 is 4.74 Å². The van der Waals surface area contributed by atoms with E-state index in [1.807, 2.05) is 17.0 Å². The van der Waals surface area contributed by atoms with Crippen LogP contribution in [0.15, 0.2) is 41.1 Å². The predicted octanol–water partition coefficient (Wildman–Crippen LogP) is 2.03. The van der Waals surface area contributed by atoms with Gasteiger partial charge >= 0.3 is 0 Å². The highest BCUT2D eigenvalue weighted by molar-refractivity contribution is 5.91. The Labute approximate surface area is 135 Å². The van der Waals surface area contributed by atoms with Crippen molar-refractivity contribution in [3.05, 3.63) is 47.9 Å². The van der Waals surface area contributed by atoms with Crippen LogP contribution >= 0.6 is 0 Å². The van der Waals surface area contributed by atoms with Gasteiger partial charge < -0.3 is 14.2 Å². The summed E-state index contributed by atoms with van der Waals surface area (Å²) in [6.45, 7) is 5.26. The van der Waals surface area contributed by atoms with Gasteiger partial charge in [-0.2, -0.15) is 0 Å². The molecule has 0 radical (unpaired) electrons. The summed E-state index contributed by atoms with van der Waals surface area (Å²) in [5.74, 6) is 1.09. The van der Waals surface area contributed by atoms with Gasteiger partial charge in [0.2, 0.25) is 5.76 Å². The zero-order valence-corrected chi connectivity index (χ0v) is 13.4. The largest absolute Gasteiger partial charge is 0.497 e. The molecule has 23 heavy (non-hydrogen) atoms. The van der Waals surface area contributed by atoms with Gasteiger partial charge in [-0.1, -0.05) is 17.3 Å². The van der Waals surface area contributed by atoms with Gasteiger partial charge in [0.25, 0.3) is 5.91 Å². The van der Waals surface area contributed by atoms with E-state index in [1.165, 1.54) is 11.8 Å². The Hall–Kier alpha value is -2.34. The fourth-order valence-corrected chi connectivity index (χ4v) is 2.98. The van der Waals surface area contributed by atoms with Crippen LogP contribution in [-0.2, 0) is 6.54 Å². The number of benzene rings is 1. The number of hydrogen-bond acceptors (Lipinski definition) is 5. The van der Waals surface area contributed by atoms with Crippen LogP contribution in [0.5, 0.6) is 5.75 Å². The quantitative estimate of drug-likeness (QED) is 0.864. The highest BCUT2D eigenvalue weighted by Crippen LogP contribution is 2.18. The molecule has 1 aromatic heterocycles. The summed E-state index contributed by atoms with van der Waals surface area (Å²) in [6.07, 6.45) is 1.50. The standard InChI is InChI=1S/C17H21N3O3/c1-13-11-19(12-14-4-3-5-15(10-14)22-2)8-9-20(13)17(21)16-6-7-18-23-16/h3-7,10,13H,8-9,11-12H2,1-2H3/t13-/m0/s1. The Morgan fingerprint density at radius 3 is 2.96 bits per heavy atom. The first-order chi connectivity index (χ1) is 11.2. The van der Waals surface area contributed by atoms with Gasteiger partial charge in [-0.05, 0) is 24.6 Å². The molecular weight excluding hydrogens is 294 g/mol. The molecule has 6 nitrogen and oxygen atoms in total. The lowest BCUT2D eigenvalue weighted by Gasteiger charge is -2.39. The molecule has 0 unspecified atom stereocenters. The second-order valence-corrected chi connectivity index (χ2v) is 5.81. The van der Waals surface area contributed by atoms with Crippen molar-refractivity contribution >= 4 is 5.91 Å². The third-order valence-corrected chi connectivity index (χ3v) is 4.16. The second kappa shape index (κ2) is 6.83. The lowest BCUT2D eigenvalue weighted by atomic mass is 10.1. The van der Waals surface area contributed by atoms with E-state index in [0.717, 1.165) is 25.4 Å². The molecule has 1 aliphatic rings. The molecule has 122 valence electrons. The maximum atomic E-state index is 12.4. The zero-order chi connectivity index (χ0) is 16.2. The summed E-state index contributed by atoms with van der Waals surface area (Å²) in [5, 5.41) is 3.61. The molecule has 6 heteroatoms. The van der Waals surface area contributed by atoms with Gasteiger partial charge in [-0.15, -0.1) is 0 Å². The maximum absolute atomic E-state index is 12.4. The number of ether oxygens (including phenoxy) is 1. The molecule has 2 aromatic rings. The molecule has 1 atom stereocenters. The van der Waals surface area contributed by atoms with Crippen molar-refractivity contribution in [2.24, 2.45) is 0 Å². The topological polar surface area (TPSA) is 58.8 Å². The highest BCUT2D eigenvalue weighted by Gasteiger charge is 2.29. The van der Waals surface area contributed by atoms with Crippen molar-refractivity contribution < 1.29 is 14.1 Å². The van der Waals surface area contributed by atoms with Crippen LogP contribution in [0.3, 0.4) is 0 Å². The Morgan fingerprint density at radius 2 is 2.26 bits per heavy atom. The van der Waals surface area contributed by atoms with Crippen molar-refractivity contribution in [2.75, 3.05) is 26.7 Å². The third kappa shape index (κ3) is 3.53. The first-order valence-electron chi connectivity index (χ1n) is 7.74. The molecule has 0 N–H and O–H groups in total. The van der Waals surface area contributed by atoms with Crippen LogP contribution in [0.4, 0.5) is 0 Å². The number of rotatable bonds is 4. The number of aromatic nitrogens is 1. The Morgan fingerprint density at radius 1 is 1.39 bits per heavy atom. The van der Waals surface area contributed by atoms with Gasteiger partial charge in [0.05, 0.1) is 13.3 Å². The Balaban J connectivity index is 1.61. The average molecular weight is 315 g/mol. The van der Waals surface area contributed by atoms with E-state index in [9.17, 15) is 4.79 Å². The van der Waals surface area contributed by atoms with E-state index in [1.54, 1.807) is 13.2 Å². The first kappa shape index (κ1) is 15.6. The molecule has 1 fully saturated rings. The minimum absolute atomic E-state index is 0.0870. The Bertz CT molecular complexity index is 657. The van der Waals surface area contributed by atoms with Crippen molar-refractivity contribution in [1.29, 1.82) is 0 Å². The highest BCUT2D eigenvalue weighted by atomic mass is 16.5. The number of nitrogens with zero attached hydrogens (tertiary/aromatic N) is 3. The van der Waals surface area contributed by atoms with E-state index in [4.69, 9.17) is 9.26 Å². The van der Waals surface area contributed by atoms with Crippen LogP contribution in [-0.4, -0.2) is 53.6 Å². The number of piperazine rings is 1. The summed E-state index contributed by atoms with van der Waals surface area (Å²) >= 11 is 0. The first-order valence-corrected chi connectivity index (χ1v) is 7.74. The molecule has 0 aliphatic carbocycles. The zero-order valence-electron chi connectivity index (χ0n) is 13.4.